The van der Waals surface area contributed by atoms with E-state index in [1.807, 2.05) is 0 Å². The van der Waals surface area contributed by atoms with Crippen molar-refractivity contribution < 1.29 is 19.5 Å². The zero-order valence-electron chi connectivity index (χ0n) is 10.7. The summed E-state index contributed by atoms with van der Waals surface area (Å²) in [4.78, 5) is 33.6. The lowest BCUT2D eigenvalue weighted by atomic mass is 9.76. The van der Waals surface area contributed by atoms with Crippen LogP contribution in [0.5, 0.6) is 0 Å². The molecule has 0 aromatic carbocycles. The minimum Gasteiger partial charge on any atom is -0.481 e. The van der Waals surface area contributed by atoms with E-state index in [0.29, 0.717) is 0 Å². The van der Waals surface area contributed by atoms with Crippen molar-refractivity contribution in [3.05, 3.63) is 0 Å². The van der Waals surface area contributed by atoms with Gasteiger partial charge in [-0.2, -0.15) is 0 Å². The van der Waals surface area contributed by atoms with Crippen LogP contribution in [0.3, 0.4) is 0 Å². The van der Waals surface area contributed by atoms with Crippen LogP contribution in [-0.4, -0.2) is 36.5 Å². The zero-order chi connectivity index (χ0) is 13.6. The average Bonchev–Trinajstić information content (AvgIpc) is 2.25. The van der Waals surface area contributed by atoms with Crippen LogP contribution in [0.1, 0.15) is 27.2 Å². The number of carboxylic acid groups (broad SMARTS) is 1. The normalized spacial score (nSPS) is 13.9. The van der Waals surface area contributed by atoms with Crippen LogP contribution < -0.4 is 10.6 Å². The first-order valence-electron chi connectivity index (χ1n) is 5.44. The largest absolute Gasteiger partial charge is 0.481 e. The van der Waals surface area contributed by atoms with E-state index in [2.05, 4.69) is 10.6 Å². The summed E-state index contributed by atoms with van der Waals surface area (Å²) < 4.78 is 0. The molecule has 0 spiro atoms. The van der Waals surface area contributed by atoms with Gasteiger partial charge >= 0.3 is 5.97 Å². The average molecular weight is 244 g/mol. The Morgan fingerprint density at radius 3 is 2.12 bits per heavy atom. The van der Waals surface area contributed by atoms with Crippen molar-refractivity contribution in [3.8, 4) is 0 Å². The lowest BCUT2D eigenvalue weighted by molar-refractivity contribution is -0.153. The first-order valence-corrected chi connectivity index (χ1v) is 5.44. The van der Waals surface area contributed by atoms with E-state index in [4.69, 9.17) is 5.11 Å². The maximum absolute atomic E-state index is 11.5. The van der Waals surface area contributed by atoms with Gasteiger partial charge in [0.1, 0.15) is 0 Å². The van der Waals surface area contributed by atoms with E-state index >= 15 is 0 Å². The monoisotopic (exact) mass is 244 g/mol. The predicted octanol–water partition coefficient (Wildman–Crippen LogP) is -0.0144. The molecule has 0 aliphatic rings. The van der Waals surface area contributed by atoms with E-state index < -0.39 is 17.3 Å². The van der Waals surface area contributed by atoms with Crippen molar-refractivity contribution in [2.24, 2.45) is 11.3 Å². The first kappa shape index (κ1) is 15.4. The molecule has 0 aromatic heterocycles. The third-order valence-corrected chi connectivity index (χ3v) is 3.02. The standard InChI is InChI=1S/C11H20N2O4/c1-7(2)11(3,10(16)17)5-8(14)13-6-9(15)12-4/h7H,5-6H2,1-4H3,(H,12,15)(H,13,14)(H,16,17). The predicted molar refractivity (Wildman–Crippen MR) is 62.3 cm³/mol. The summed E-state index contributed by atoms with van der Waals surface area (Å²) >= 11 is 0. The van der Waals surface area contributed by atoms with Gasteiger partial charge in [-0.25, -0.2) is 0 Å². The molecule has 0 fully saturated rings. The number of carbonyl (C=O) groups is 3. The third-order valence-electron chi connectivity index (χ3n) is 3.02. The maximum Gasteiger partial charge on any atom is 0.310 e. The molecule has 0 aliphatic heterocycles. The molecule has 0 heterocycles. The molecule has 3 N–H and O–H groups in total. The molecule has 0 rings (SSSR count). The number of carbonyl (C=O) groups excluding carboxylic acids is 2. The van der Waals surface area contributed by atoms with E-state index in [9.17, 15) is 14.4 Å². The molecule has 0 bridgehead atoms. The fraction of sp³-hybridized carbons (Fsp3) is 0.727. The molecule has 1 atom stereocenters. The van der Waals surface area contributed by atoms with Gasteiger partial charge in [-0.05, 0) is 12.8 Å². The van der Waals surface area contributed by atoms with Gasteiger partial charge in [0.15, 0.2) is 0 Å². The van der Waals surface area contributed by atoms with Gasteiger partial charge < -0.3 is 15.7 Å². The molecular formula is C11H20N2O4. The summed E-state index contributed by atoms with van der Waals surface area (Å²) in [5.41, 5.74) is -1.12. The topological polar surface area (TPSA) is 95.5 Å². The SMILES string of the molecule is CNC(=O)CNC(=O)CC(C)(C(=O)O)C(C)C. The van der Waals surface area contributed by atoms with Crippen LogP contribution in [0, 0.1) is 11.3 Å². The second kappa shape index (κ2) is 6.22. The molecule has 6 nitrogen and oxygen atoms in total. The van der Waals surface area contributed by atoms with Crippen LogP contribution in [-0.2, 0) is 14.4 Å². The lowest BCUT2D eigenvalue weighted by Crippen LogP contribution is -2.41. The molecule has 1 unspecified atom stereocenters. The molecule has 0 saturated carbocycles. The molecule has 17 heavy (non-hydrogen) atoms. The summed E-state index contributed by atoms with van der Waals surface area (Å²) in [6.45, 7) is 4.89. The number of hydrogen-bond acceptors (Lipinski definition) is 3. The number of rotatable bonds is 6. The highest BCUT2D eigenvalue weighted by Gasteiger charge is 2.38. The van der Waals surface area contributed by atoms with Crippen molar-refractivity contribution in [2.45, 2.75) is 27.2 Å². The molecular weight excluding hydrogens is 224 g/mol. The minimum absolute atomic E-state index is 0.136. The molecule has 0 aliphatic carbocycles. The Balaban J connectivity index is 4.44. The first-order chi connectivity index (χ1) is 7.74. The van der Waals surface area contributed by atoms with Gasteiger partial charge in [-0.3, -0.25) is 14.4 Å². The Hall–Kier alpha value is -1.59. The van der Waals surface area contributed by atoms with Crippen molar-refractivity contribution in [3.63, 3.8) is 0 Å². The van der Waals surface area contributed by atoms with Gasteiger partial charge in [0, 0.05) is 13.5 Å². The highest BCUT2D eigenvalue weighted by atomic mass is 16.4. The summed E-state index contributed by atoms with van der Waals surface area (Å²) in [5, 5.41) is 13.9. The number of nitrogens with one attached hydrogen (secondary N) is 2. The van der Waals surface area contributed by atoms with Gasteiger partial charge in [0.05, 0.1) is 12.0 Å². The van der Waals surface area contributed by atoms with Crippen LogP contribution >= 0.6 is 0 Å². The Labute approximate surface area is 101 Å². The highest BCUT2D eigenvalue weighted by Crippen LogP contribution is 2.31. The quantitative estimate of drug-likeness (QED) is 0.612. The number of likely N-dealkylation sites (N-methyl/N-ethyl adjacent to an activating group) is 1. The number of carboxylic acids is 1. The third kappa shape index (κ3) is 4.42. The van der Waals surface area contributed by atoms with Gasteiger partial charge in [-0.1, -0.05) is 13.8 Å². The van der Waals surface area contributed by atoms with Crippen molar-refractivity contribution in [1.29, 1.82) is 0 Å². The Bertz CT molecular complexity index is 315. The molecule has 0 radical (unpaired) electrons. The summed E-state index contributed by atoms with van der Waals surface area (Å²) in [7, 11) is 1.46. The Morgan fingerprint density at radius 2 is 1.76 bits per heavy atom. The molecule has 0 aromatic rings. The fourth-order valence-corrected chi connectivity index (χ4v) is 1.19. The maximum atomic E-state index is 11.5. The number of amides is 2. The van der Waals surface area contributed by atoms with Crippen LogP contribution in [0.2, 0.25) is 0 Å². The van der Waals surface area contributed by atoms with Gasteiger partial charge in [0.25, 0.3) is 0 Å². The Kier molecular flexibility index (Phi) is 5.64. The van der Waals surface area contributed by atoms with E-state index in [1.165, 1.54) is 14.0 Å². The number of aliphatic carboxylic acids is 1. The highest BCUT2D eigenvalue weighted by molar-refractivity contribution is 5.88. The van der Waals surface area contributed by atoms with Crippen LogP contribution in [0.25, 0.3) is 0 Å². The van der Waals surface area contributed by atoms with E-state index in [-0.39, 0.29) is 24.8 Å². The summed E-state index contributed by atoms with van der Waals surface area (Å²) in [5.74, 6) is -1.94. The Morgan fingerprint density at radius 1 is 1.24 bits per heavy atom. The van der Waals surface area contributed by atoms with Crippen molar-refractivity contribution >= 4 is 17.8 Å². The second-order valence-corrected chi connectivity index (χ2v) is 4.50. The fourth-order valence-electron chi connectivity index (χ4n) is 1.19. The lowest BCUT2D eigenvalue weighted by Gasteiger charge is -2.28. The zero-order valence-corrected chi connectivity index (χ0v) is 10.7. The molecule has 2 amide bonds. The summed E-state index contributed by atoms with van der Waals surface area (Å²) in [6, 6.07) is 0. The summed E-state index contributed by atoms with van der Waals surface area (Å²) in [6.07, 6.45) is -0.142. The molecule has 98 valence electrons. The van der Waals surface area contributed by atoms with Crippen molar-refractivity contribution in [2.75, 3.05) is 13.6 Å². The van der Waals surface area contributed by atoms with E-state index in [0.717, 1.165) is 0 Å². The molecule has 0 saturated heterocycles. The minimum atomic E-state index is -1.12. The molecule has 6 heteroatoms. The van der Waals surface area contributed by atoms with Gasteiger partial charge in [0.2, 0.25) is 11.8 Å². The van der Waals surface area contributed by atoms with E-state index in [1.54, 1.807) is 13.8 Å². The van der Waals surface area contributed by atoms with Crippen LogP contribution in [0.4, 0.5) is 0 Å². The number of hydrogen-bond donors (Lipinski definition) is 3. The second-order valence-electron chi connectivity index (χ2n) is 4.50. The van der Waals surface area contributed by atoms with Crippen molar-refractivity contribution in [1.82, 2.24) is 10.6 Å². The van der Waals surface area contributed by atoms with Crippen LogP contribution in [0.15, 0.2) is 0 Å². The van der Waals surface area contributed by atoms with Gasteiger partial charge in [-0.15, -0.1) is 0 Å². The smallest absolute Gasteiger partial charge is 0.310 e.